The van der Waals surface area contributed by atoms with Crippen LogP contribution in [-0.2, 0) is 14.8 Å². The third-order valence-corrected chi connectivity index (χ3v) is 7.84. The Morgan fingerprint density at radius 3 is 2.14 bits per heavy atom. The van der Waals surface area contributed by atoms with E-state index in [4.69, 9.17) is 0 Å². The minimum absolute atomic E-state index is 0.00400. The fourth-order valence-electron chi connectivity index (χ4n) is 2.36. The number of aryl methyl sites for hydroxylation is 1. The maximum atomic E-state index is 12.9. The molecule has 0 radical (unpaired) electrons. The van der Waals surface area contributed by atoms with E-state index >= 15 is 0 Å². The Bertz CT molecular complexity index is 1200. The van der Waals surface area contributed by atoms with Crippen molar-refractivity contribution in [3.05, 3.63) is 85.2 Å². The average molecular weight is 601 g/mol. The first-order chi connectivity index (χ1) is 13.7. The van der Waals surface area contributed by atoms with Crippen LogP contribution >= 0.6 is 47.8 Å². The van der Waals surface area contributed by atoms with Gasteiger partial charge in [-0.15, -0.1) is 4.40 Å². The fourth-order valence-corrected chi connectivity index (χ4v) is 4.80. The zero-order valence-corrected chi connectivity index (χ0v) is 20.5. The molecule has 0 atom stereocenters. The molecule has 3 rings (SSSR count). The van der Waals surface area contributed by atoms with E-state index in [9.17, 15) is 13.2 Å². The van der Waals surface area contributed by atoms with Crippen LogP contribution in [0.25, 0.3) is 0 Å². The van der Waals surface area contributed by atoms with Gasteiger partial charge < -0.3 is 0 Å². The number of rotatable bonds is 3. The van der Waals surface area contributed by atoms with E-state index < -0.39 is 10.0 Å². The van der Waals surface area contributed by atoms with Crippen molar-refractivity contribution >= 4 is 75.1 Å². The van der Waals surface area contributed by atoms with E-state index in [0.717, 1.165) is 5.56 Å². The molecule has 9 heteroatoms. The maximum Gasteiger partial charge on any atom is 0.284 e. The van der Waals surface area contributed by atoms with E-state index in [2.05, 4.69) is 57.2 Å². The molecule has 0 aromatic heterocycles. The monoisotopic (exact) mass is 598 g/mol. The van der Waals surface area contributed by atoms with Crippen LogP contribution in [0.1, 0.15) is 11.1 Å². The first-order valence-electron chi connectivity index (χ1n) is 8.22. The van der Waals surface area contributed by atoms with Crippen LogP contribution in [0.15, 0.2) is 88.4 Å². The number of nitrogens with zero attached hydrogens (tertiary/aromatic N) is 2. The molecule has 5 nitrogen and oxygen atoms in total. The molecule has 0 aliphatic heterocycles. The molecule has 0 saturated carbocycles. The molecule has 29 heavy (non-hydrogen) atoms. The highest BCUT2D eigenvalue weighted by molar-refractivity contribution is 9.15. The Hall–Kier alpha value is -1.68. The van der Waals surface area contributed by atoms with Crippen molar-refractivity contribution in [2.75, 3.05) is 0 Å². The molecule has 0 spiro atoms. The summed E-state index contributed by atoms with van der Waals surface area (Å²) in [7, 11) is -3.99. The predicted octanol–water partition coefficient (Wildman–Crippen LogP) is 5.43. The van der Waals surface area contributed by atoms with Crippen LogP contribution in [-0.4, -0.2) is 25.7 Å². The zero-order valence-electron chi connectivity index (χ0n) is 14.9. The highest BCUT2D eigenvalue weighted by Crippen LogP contribution is 2.31. The van der Waals surface area contributed by atoms with Gasteiger partial charge in [0.05, 0.1) is 24.1 Å². The number of Topliss-reactive ketones (excluding diaryl/α,β-unsaturated/α-hetero) is 1. The highest BCUT2D eigenvalue weighted by Gasteiger charge is 2.24. The van der Waals surface area contributed by atoms with Gasteiger partial charge in [0.25, 0.3) is 10.0 Å². The summed E-state index contributed by atoms with van der Waals surface area (Å²) in [5.74, 6) is -0.245. The summed E-state index contributed by atoms with van der Waals surface area (Å²) >= 11 is 9.76. The van der Waals surface area contributed by atoms with Gasteiger partial charge in [-0.25, -0.2) is 4.99 Å². The Morgan fingerprint density at radius 1 is 0.897 bits per heavy atom. The standard InChI is InChI=1S/C20H13Br3N2O3S/c1-12-7-9-14(10-8-12)29(27,28)25-20(13-5-3-2-4-6-13)24-16-11-15(21)19(26)18(23)17(16)22/h2-11H,1H3/b24-16?,25-20+. The average Bonchev–Trinajstić information content (AvgIpc) is 2.70. The lowest BCUT2D eigenvalue weighted by atomic mass is 10.1. The predicted molar refractivity (Wildman–Crippen MR) is 126 cm³/mol. The number of hydrogen-bond acceptors (Lipinski definition) is 3. The number of halogens is 3. The van der Waals surface area contributed by atoms with Gasteiger partial charge in [0.2, 0.25) is 5.78 Å². The number of benzene rings is 2. The Labute approximate surface area is 193 Å². The third kappa shape index (κ3) is 5.09. The van der Waals surface area contributed by atoms with Crippen molar-refractivity contribution in [2.45, 2.75) is 11.8 Å². The molecule has 2 aromatic rings. The minimum atomic E-state index is -3.99. The number of carbonyl (C=O) groups excluding carboxylic acids is 1. The van der Waals surface area contributed by atoms with E-state index in [1.807, 2.05) is 13.0 Å². The van der Waals surface area contributed by atoms with Crippen molar-refractivity contribution in [1.29, 1.82) is 0 Å². The summed E-state index contributed by atoms with van der Waals surface area (Å²) < 4.78 is 30.7. The van der Waals surface area contributed by atoms with Crippen molar-refractivity contribution < 1.29 is 13.2 Å². The number of hydrogen-bond donors (Lipinski definition) is 0. The van der Waals surface area contributed by atoms with Crippen LogP contribution < -0.4 is 0 Å². The number of ketones is 1. The summed E-state index contributed by atoms with van der Waals surface area (Å²) in [5, 5.41) is 0. The van der Waals surface area contributed by atoms with Gasteiger partial charge >= 0.3 is 0 Å². The second kappa shape index (κ2) is 8.99. The molecular formula is C20H13Br3N2O3S. The maximum absolute atomic E-state index is 12.9. The molecule has 0 unspecified atom stereocenters. The Balaban J connectivity index is 2.18. The topological polar surface area (TPSA) is 75.9 Å². The molecule has 148 valence electrons. The second-order valence-corrected chi connectivity index (χ2v) is 10.1. The van der Waals surface area contributed by atoms with Crippen LogP contribution in [0.5, 0.6) is 0 Å². The molecule has 1 aliphatic carbocycles. The van der Waals surface area contributed by atoms with Crippen molar-refractivity contribution in [3.8, 4) is 0 Å². The third-order valence-electron chi connectivity index (χ3n) is 3.88. The molecule has 1 aliphatic rings. The van der Waals surface area contributed by atoms with E-state index in [1.165, 1.54) is 18.2 Å². The van der Waals surface area contributed by atoms with Gasteiger partial charge in [-0.05, 0) is 72.9 Å². The molecule has 2 aromatic carbocycles. The quantitative estimate of drug-likeness (QED) is 0.268. The molecule has 0 heterocycles. The summed E-state index contributed by atoms with van der Waals surface area (Å²) in [6, 6.07) is 15.2. The normalized spacial score (nSPS) is 17.0. The number of sulfonamides is 1. The molecule has 0 saturated heterocycles. The molecule has 0 N–H and O–H groups in total. The van der Waals surface area contributed by atoms with Gasteiger partial charge in [-0.3, -0.25) is 4.79 Å². The molecule has 0 amide bonds. The van der Waals surface area contributed by atoms with Crippen LogP contribution in [0.2, 0.25) is 0 Å². The molecule has 0 bridgehead atoms. The lowest BCUT2D eigenvalue weighted by Crippen LogP contribution is -2.14. The lowest BCUT2D eigenvalue weighted by Gasteiger charge is -2.12. The summed E-state index contributed by atoms with van der Waals surface area (Å²) in [6.45, 7) is 1.87. The summed E-state index contributed by atoms with van der Waals surface area (Å²) in [4.78, 5) is 16.6. The van der Waals surface area contributed by atoms with Crippen molar-refractivity contribution in [2.24, 2.45) is 9.39 Å². The first-order valence-corrected chi connectivity index (χ1v) is 12.0. The van der Waals surface area contributed by atoms with Gasteiger partial charge in [0.15, 0.2) is 5.84 Å². The lowest BCUT2D eigenvalue weighted by molar-refractivity contribution is -0.110. The molecular weight excluding hydrogens is 588 g/mol. The van der Waals surface area contributed by atoms with Gasteiger partial charge in [0, 0.05) is 5.56 Å². The largest absolute Gasteiger partial charge is 0.287 e. The summed E-state index contributed by atoms with van der Waals surface area (Å²) in [6.07, 6.45) is 1.51. The fraction of sp³-hybridized carbons (Fsp3) is 0.0500. The van der Waals surface area contributed by atoms with Crippen LogP contribution in [0.3, 0.4) is 0 Å². The first kappa shape index (κ1) is 22.0. The summed E-state index contributed by atoms with van der Waals surface area (Å²) in [5.41, 5.74) is 1.82. The smallest absolute Gasteiger partial charge is 0.284 e. The van der Waals surface area contributed by atoms with E-state index in [0.29, 0.717) is 20.2 Å². The van der Waals surface area contributed by atoms with Crippen molar-refractivity contribution in [3.63, 3.8) is 0 Å². The van der Waals surface area contributed by atoms with Gasteiger partial charge in [-0.1, -0.05) is 48.0 Å². The number of aliphatic imine (C=N–C) groups is 1. The van der Waals surface area contributed by atoms with Crippen LogP contribution in [0, 0.1) is 6.92 Å². The second-order valence-electron chi connectivity index (χ2n) is 6.02. The Kier molecular flexibility index (Phi) is 6.83. The number of allylic oxidation sites excluding steroid dienone is 4. The zero-order chi connectivity index (χ0) is 21.2. The minimum Gasteiger partial charge on any atom is -0.287 e. The number of amidine groups is 1. The SMILES string of the molecule is Cc1ccc(S(=O)(=O)/N=C(/N=C2C=C(Br)C(=O)C(Br)=C2Br)c2ccccc2)cc1. The van der Waals surface area contributed by atoms with Crippen LogP contribution in [0.4, 0.5) is 0 Å². The molecule has 0 fully saturated rings. The van der Waals surface area contributed by atoms with E-state index in [-0.39, 0.29) is 21.0 Å². The Morgan fingerprint density at radius 2 is 1.52 bits per heavy atom. The van der Waals surface area contributed by atoms with Gasteiger partial charge in [-0.2, -0.15) is 8.42 Å². The number of carbonyl (C=O) groups is 1. The van der Waals surface area contributed by atoms with Gasteiger partial charge in [0.1, 0.15) is 0 Å². The highest BCUT2D eigenvalue weighted by atomic mass is 79.9. The van der Waals surface area contributed by atoms with E-state index in [1.54, 1.807) is 36.4 Å². The van der Waals surface area contributed by atoms with Crippen molar-refractivity contribution in [1.82, 2.24) is 0 Å².